The van der Waals surface area contributed by atoms with Gasteiger partial charge in [0.2, 0.25) is 0 Å². The molecule has 110 valence electrons. The van der Waals surface area contributed by atoms with Crippen LogP contribution in [0.3, 0.4) is 0 Å². The van der Waals surface area contributed by atoms with Crippen molar-refractivity contribution < 1.29 is 9.13 Å². The van der Waals surface area contributed by atoms with Crippen molar-refractivity contribution in [1.82, 2.24) is 0 Å². The van der Waals surface area contributed by atoms with Crippen LogP contribution in [-0.4, -0.2) is 5.84 Å². The molecule has 0 fully saturated rings. The van der Waals surface area contributed by atoms with E-state index in [9.17, 15) is 4.39 Å². The summed E-state index contributed by atoms with van der Waals surface area (Å²) in [7, 11) is 0. The first kappa shape index (κ1) is 15.0. The van der Waals surface area contributed by atoms with E-state index in [1.807, 2.05) is 24.3 Å². The van der Waals surface area contributed by atoms with Crippen molar-refractivity contribution in [2.45, 2.75) is 26.2 Å². The van der Waals surface area contributed by atoms with Crippen LogP contribution in [0.4, 0.5) is 4.39 Å². The molecular weight excluding hydrogens is 267 g/mol. The molecule has 0 unspecified atom stereocenters. The molecule has 2 aromatic rings. The van der Waals surface area contributed by atoms with E-state index in [0.717, 1.165) is 5.56 Å². The smallest absolute Gasteiger partial charge is 0.138 e. The fourth-order valence-corrected chi connectivity index (χ4v) is 1.95. The van der Waals surface area contributed by atoms with Crippen LogP contribution in [0.1, 0.15) is 31.9 Å². The Kier molecular flexibility index (Phi) is 3.98. The van der Waals surface area contributed by atoms with Crippen molar-refractivity contribution in [2.24, 2.45) is 5.73 Å². The third-order valence-electron chi connectivity index (χ3n) is 3.16. The zero-order valence-corrected chi connectivity index (χ0v) is 12.4. The monoisotopic (exact) mass is 286 g/mol. The van der Waals surface area contributed by atoms with Gasteiger partial charge >= 0.3 is 0 Å². The number of rotatable bonds is 3. The third-order valence-corrected chi connectivity index (χ3v) is 3.16. The van der Waals surface area contributed by atoms with E-state index in [1.54, 1.807) is 0 Å². The number of halogens is 1. The quantitative estimate of drug-likeness (QED) is 0.656. The number of nitrogen functional groups attached to an aromatic ring is 1. The van der Waals surface area contributed by atoms with Gasteiger partial charge in [0.1, 0.15) is 23.2 Å². The van der Waals surface area contributed by atoms with E-state index in [1.165, 1.54) is 18.2 Å². The summed E-state index contributed by atoms with van der Waals surface area (Å²) in [5.74, 6) is 0.332. The molecule has 0 aliphatic carbocycles. The topological polar surface area (TPSA) is 59.1 Å². The molecule has 2 aromatic carbocycles. The minimum absolute atomic E-state index is 0.00553. The van der Waals surface area contributed by atoms with Crippen molar-refractivity contribution in [3.05, 3.63) is 59.4 Å². The largest absolute Gasteiger partial charge is 0.457 e. The lowest BCUT2D eigenvalue weighted by atomic mass is 9.87. The van der Waals surface area contributed by atoms with Crippen molar-refractivity contribution in [3.8, 4) is 11.5 Å². The zero-order valence-electron chi connectivity index (χ0n) is 12.4. The fourth-order valence-electron chi connectivity index (χ4n) is 1.95. The molecule has 0 saturated carbocycles. The highest BCUT2D eigenvalue weighted by Gasteiger charge is 2.15. The minimum Gasteiger partial charge on any atom is -0.457 e. The van der Waals surface area contributed by atoms with E-state index in [2.05, 4.69) is 20.8 Å². The lowest BCUT2D eigenvalue weighted by Crippen LogP contribution is -2.13. The average Bonchev–Trinajstić information content (AvgIpc) is 2.40. The predicted octanol–water partition coefficient (Wildman–Crippen LogP) is 4.20. The van der Waals surface area contributed by atoms with Crippen LogP contribution < -0.4 is 10.5 Å². The summed E-state index contributed by atoms with van der Waals surface area (Å²) in [6.45, 7) is 6.35. The van der Waals surface area contributed by atoms with Gasteiger partial charge in [0, 0.05) is 0 Å². The molecule has 0 aliphatic rings. The number of nitrogens with one attached hydrogen (secondary N) is 1. The molecule has 0 aliphatic heterocycles. The van der Waals surface area contributed by atoms with Crippen molar-refractivity contribution in [2.75, 3.05) is 0 Å². The maximum Gasteiger partial charge on any atom is 0.138 e. The molecule has 3 nitrogen and oxygen atoms in total. The van der Waals surface area contributed by atoms with Crippen molar-refractivity contribution >= 4 is 5.84 Å². The molecule has 0 radical (unpaired) electrons. The Bertz CT molecular complexity index is 675. The van der Waals surface area contributed by atoms with E-state index in [-0.39, 0.29) is 16.8 Å². The highest BCUT2D eigenvalue weighted by molar-refractivity contribution is 5.97. The van der Waals surface area contributed by atoms with Gasteiger partial charge in [0.15, 0.2) is 0 Å². The van der Waals surface area contributed by atoms with Crippen LogP contribution in [0.5, 0.6) is 11.5 Å². The summed E-state index contributed by atoms with van der Waals surface area (Å²) in [5, 5.41) is 7.51. The number of benzene rings is 2. The number of hydrogen-bond acceptors (Lipinski definition) is 2. The molecule has 0 bridgehead atoms. The van der Waals surface area contributed by atoms with Gasteiger partial charge in [-0.1, -0.05) is 32.9 Å². The summed E-state index contributed by atoms with van der Waals surface area (Å²) < 4.78 is 19.0. The van der Waals surface area contributed by atoms with Gasteiger partial charge in [0.05, 0.1) is 5.56 Å². The first-order chi connectivity index (χ1) is 9.77. The summed E-state index contributed by atoms with van der Waals surface area (Å²) >= 11 is 0. The summed E-state index contributed by atoms with van der Waals surface area (Å²) in [4.78, 5) is 0. The molecular formula is C17H19FN2O. The number of amidine groups is 1. The van der Waals surface area contributed by atoms with Gasteiger partial charge in [-0.3, -0.25) is 5.41 Å². The first-order valence-corrected chi connectivity index (χ1v) is 6.70. The lowest BCUT2D eigenvalue weighted by Gasteiger charge is -2.20. The summed E-state index contributed by atoms with van der Waals surface area (Å²) in [6, 6.07) is 11.7. The summed E-state index contributed by atoms with van der Waals surface area (Å²) in [5.41, 5.74) is 6.86. The Balaban J connectivity index is 2.37. The molecule has 0 heterocycles. The molecule has 0 aromatic heterocycles. The molecule has 0 amide bonds. The van der Waals surface area contributed by atoms with E-state index in [0.29, 0.717) is 11.5 Å². The van der Waals surface area contributed by atoms with Crippen molar-refractivity contribution in [1.29, 1.82) is 5.41 Å². The second-order valence-electron chi connectivity index (χ2n) is 5.93. The van der Waals surface area contributed by atoms with Crippen LogP contribution in [0.15, 0.2) is 42.5 Å². The van der Waals surface area contributed by atoms with Gasteiger partial charge in [-0.15, -0.1) is 0 Å². The van der Waals surface area contributed by atoms with Gasteiger partial charge in [-0.25, -0.2) is 4.39 Å². The third kappa shape index (κ3) is 3.60. The molecule has 3 N–H and O–H groups in total. The van der Waals surface area contributed by atoms with Gasteiger partial charge < -0.3 is 10.5 Å². The van der Waals surface area contributed by atoms with Crippen LogP contribution in [0, 0.1) is 11.2 Å². The highest BCUT2D eigenvalue weighted by Crippen LogP contribution is 2.30. The fraction of sp³-hybridized carbons (Fsp3) is 0.235. The van der Waals surface area contributed by atoms with E-state index < -0.39 is 5.82 Å². The Hall–Kier alpha value is -2.36. The number of nitrogens with two attached hydrogens (primary N) is 1. The second kappa shape index (κ2) is 5.56. The van der Waals surface area contributed by atoms with Crippen LogP contribution in [-0.2, 0) is 5.41 Å². The number of ether oxygens (including phenoxy) is 1. The van der Waals surface area contributed by atoms with Crippen molar-refractivity contribution in [3.63, 3.8) is 0 Å². The highest BCUT2D eigenvalue weighted by atomic mass is 19.1. The molecule has 0 atom stereocenters. The maximum absolute atomic E-state index is 13.3. The zero-order chi connectivity index (χ0) is 15.6. The van der Waals surface area contributed by atoms with Crippen LogP contribution in [0.25, 0.3) is 0 Å². The Morgan fingerprint density at radius 2 is 1.86 bits per heavy atom. The average molecular weight is 286 g/mol. The van der Waals surface area contributed by atoms with Gasteiger partial charge in [-0.05, 0) is 41.3 Å². The minimum atomic E-state index is -0.448. The molecule has 2 rings (SSSR count). The summed E-state index contributed by atoms with van der Waals surface area (Å²) in [6.07, 6.45) is 0. The van der Waals surface area contributed by atoms with Gasteiger partial charge in [0.25, 0.3) is 0 Å². The van der Waals surface area contributed by atoms with Gasteiger partial charge in [-0.2, -0.15) is 0 Å². The van der Waals surface area contributed by atoms with E-state index in [4.69, 9.17) is 15.9 Å². The Morgan fingerprint density at radius 3 is 2.48 bits per heavy atom. The first-order valence-electron chi connectivity index (χ1n) is 6.70. The molecule has 0 saturated heterocycles. The number of hydrogen-bond donors (Lipinski definition) is 2. The normalized spacial score (nSPS) is 11.2. The van der Waals surface area contributed by atoms with Crippen LogP contribution in [0.2, 0.25) is 0 Å². The lowest BCUT2D eigenvalue weighted by molar-refractivity contribution is 0.475. The van der Waals surface area contributed by atoms with E-state index >= 15 is 0 Å². The molecule has 0 spiro atoms. The predicted molar refractivity (Wildman–Crippen MR) is 82.6 cm³/mol. The maximum atomic E-state index is 13.3. The Labute approximate surface area is 124 Å². The second-order valence-corrected chi connectivity index (χ2v) is 5.93. The molecule has 21 heavy (non-hydrogen) atoms. The SMILES string of the molecule is CC(C)(C)c1cccc(Oc2ccc(F)cc2C(=N)N)c1. The van der Waals surface area contributed by atoms with Crippen LogP contribution >= 0.6 is 0 Å². The standard InChI is InChI=1S/C17H19FN2O/c1-17(2,3)11-5-4-6-13(9-11)21-15-8-7-12(18)10-14(15)16(19)20/h4-10H,1-3H3,(H3,19,20). The molecule has 4 heteroatoms. The Morgan fingerprint density at radius 1 is 1.14 bits per heavy atom.